The van der Waals surface area contributed by atoms with Crippen LogP contribution in [0, 0.1) is 0 Å². The number of aliphatic hydroxyl groups is 1. The summed E-state index contributed by atoms with van der Waals surface area (Å²) >= 11 is 0. The number of hydrogen-bond donors (Lipinski definition) is 2. The summed E-state index contributed by atoms with van der Waals surface area (Å²) in [5.41, 5.74) is 1.85. The van der Waals surface area contributed by atoms with Crippen LogP contribution in [0.25, 0.3) is 11.5 Å². The first-order valence-electron chi connectivity index (χ1n) is 7.23. The molecule has 2 heterocycles. The molecule has 2 aromatic rings. The van der Waals surface area contributed by atoms with Gasteiger partial charge in [-0.15, -0.1) is 0 Å². The van der Waals surface area contributed by atoms with Crippen molar-refractivity contribution in [1.29, 1.82) is 0 Å². The maximum Gasteiger partial charge on any atom is 0.257 e. The second-order valence-corrected chi connectivity index (χ2v) is 5.07. The molecule has 1 saturated heterocycles. The highest BCUT2D eigenvalue weighted by atomic mass is 16.5. The fourth-order valence-electron chi connectivity index (χ4n) is 2.40. The second kappa shape index (κ2) is 6.69. The molecule has 0 atom stereocenters. The molecular weight excluding hydrogens is 270 g/mol. The van der Waals surface area contributed by atoms with Gasteiger partial charge < -0.3 is 19.7 Å². The Labute approximate surface area is 123 Å². The standard InChI is InChI=1S/C15H19N3O3/c19-8-7-16-13-3-1-12(2-4-13)15-17-14(18-21-15)11-5-9-20-10-6-11/h1-4,11,16,19H,5-10H2. The van der Waals surface area contributed by atoms with Crippen LogP contribution >= 0.6 is 0 Å². The van der Waals surface area contributed by atoms with Crippen molar-refractivity contribution in [3.63, 3.8) is 0 Å². The number of aromatic nitrogens is 2. The van der Waals surface area contributed by atoms with Gasteiger partial charge in [0.15, 0.2) is 5.82 Å². The Hall–Kier alpha value is -1.92. The van der Waals surface area contributed by atoms with Gasteiger partial charge in [-0.05, 0) is 37.1 Å². The molecule has 112 valence electrons. The fourth-order valence-corrected chi connectivity index (χ4v) is 2.40. The maximum atomic E-state index is 8.78. The predicted octanol–water partition coefficient (Wildman–Crippen LogP) is 2.03. The van der Waals surface area contributed by atoms with Crippen LogP contribution in [0.4, 0.5) is 5.69 Å². The number of hydrogen-bond acceptors (Lipinski definition) is 6. The van der Waals surface area contributed by atoms with E-state index in [-0.39, 0.29) is 6.61 Å². The number of benzene rings is 1. The van der Waals surface area contributed by atoms with E-state index in [1.165, 1.54) is 0 Å². The third-order valence-corrected chi connectivity index (χ3v) is 3.60. The summed E-state index contributed by atoms with van der Waals surface area (Å²) in [5, 5.41) is 16.0. The van der Waals surface area contributed by atoms with Gasteiger partial charge >= 0.3 is 0 Å². The number of ether oxygens (including phenoxy) is 1. The van der Waals surface area contributed by atoms with E-state index in [0.717, 1.165) is 43.1 Å². The number of nitrogens with one attached hydrogen (secondary N) is 1. The van der Waals surface area contributed by atoms with Crippen LogP contribution in [-0.4, -0.2) is 41.6 Å². The second-order valence-electron chi connectivity index (χ2n) is 5.07. The van der Waals surface area contributed by atoms with Gasteiger partial charge in [0.05, 0.1) is 6.61 Å². The summed E-state index contributed by atoms with van der Waals surface area (Å²) in [6.07, 6.45) is 1.89. The lowest BCUT2D eigenvalue weighted by Crippen LogP contribution is -2.15. The van der Waals surface area contributed by atoms with Crippen LogP contribution in [0.1, 0.15) is 24.6 Å². The van der Waals surface area contributed by atoms with Crippen LogP contribution in [0.2, 0.25) is 0 Å². The number of aliphatic hydroxyl groups excluding tert-OH is 1. The number of anilines is 1. The van der Waals surface area contributed by atoms with Crippen LogP contribution in [0.5, 0.6) is 0 Å². The van der Waals surface area contributed by atoms with E-state index in [2.05, 4.69) is 15.5 Å². The Bertz CT molecular complexity index is 562. The van der Waals surface area contributed by atoms with E-state index in [1.54, 1.807) is 0 Å². The largest absolute Gasteiger partial charge is 0.395 e. The maximum absolute atomic E-state index is 8.78. The zero-order valence-corrected chi connectivity index (χ0v) is 11.8. The molecule has 1 aliphatic heterocycles. The third-order valence-electron chi connectivity index (χ3n) is 3.60. The van der Waals surface area contributed by atoms with E-state index in [9.17, 15) is 0 Å². The van der Waals surface area contributed by atoms with Crippen molar-refractivity contribution in [3.05, 3.63) is 30.1 Å². The van der Waals surface area contributed by atoms with Gasteiger partial charge in [-0.25, -0.2) is 0 Å². The van der Waals surface area contributed by atoms with Crippen molar-refractivity contribution in [2.75, 3.05) is 31.7 Å². The van der Waals surface area contributed by atoms with Crippen molar-refractivity contribution in [1.82, 2.24) is 10.1 Å². The molecule has 3 rings (SSSR count). The van der Waals surface area contributed by atoms with Gasteiger partial charge in [0.2, 0.25) is 0 Å². The average Bonchev–Trinajstić information content (AvgIpc) is 3.04. The number of nitrogens with zero attached hydrogens (tertiary/aromatic N) is 2. The van der Waals surface area contributed by atoms with Gasteiger partial charge in [0.25, 0.3) is 5.89 Å². The summed E-state index contributed by atoms with van der Waals surface area (Å²) in [6.45, 7) is 2.17. The molecule has 0 bridgehead atoms. The van der Waals surface area contributed by atoms with Crippen molar-refractivity contribution >= 4 is 5.69 Å². The molecule has 6 heteroatoms. The zero-order valence-electron chi connectivity index (χ0n) is 11.8. The van der Waals surface area contributed by atoms with E-state index < -0.39 is 0 Å². The predicted molar refractivity (Wildman–Crippen MR) is 78.1 cm³/mol. The fraction of sp³-hybridized carbons (Fsp3) is 0.467. The zero-order chi connectivity index (χ0) is 14.5. The summed E-state index contributed by atoms with van der Waals surface area (Å²) in [5.74, 6) is 1.66. The SMILES string of the molecule is OCCNc1ccc(-c2nc(C3CCOCC3)no2)cc1. The van der Waals surface area contributed by atoms with Gasteiger partial charge in [0.1, 0.15) is 0 Å². The molecule has 0 saturated carbocycles. The normalized spacial score (nSPS) is 16.0. The Kier molecular flexibility index (Phi) is 4.47. The third kappa shape index (κ3) is 3.40. The molecule has 0 spiro atoms. The van der Waals surface area contributed by atoms with Crippen molar-refractivity contribution in [2.45, 2.75) is 18.8 Å². The molecule has 0 radical (unpaired) electrons. The van der Waals surface area contributed by atoms with Crippen LogP contribution in [0.3, 0.4) is 0 Å². The lowest BCUT2D eigenvalue weighted by atomic mass is 10.00. The summed E-state index contributed by atoms with van der Waals surface area (Å²) in [4.78, 5) is 4.50. The minimum atomic E-state index is 0.111. The molecule has 0 unspecified atom stereocenters. The molecule has 2 N–H and O–H groups in total. The minimum absolute atomic E-state index is 0.111. The summed E-state index contributed by atoms with van der Waals surface area (Å²) in [6, 6.07) is 7.73. The van der Waals surface area contributed by atoms with Crippen molar-refractivity contribution in [2.24, 2.45) is 0 Å². The first kappa shape index (κ1) is 14.0. The highest BCUT2D eigenvalue weighted by Gasteiger charge is 2.21. The molecular formula is C15H19N3O3. The Morgan fingerprint density at radius 1 is 1.19 bits per heavy atom. The van der Waals surface area contributed by atoms with Crippen LogP contribution in [-0.2, 0) is 4.74 Å². The first-order chi connectivity index (χ1) is 10.4. The summed E-state index contributed by atoms with van der Waals surface area (Å²) < 4.78 is 10.7. The van der Waals surface area contributed by atoms with E-state index in [4.69, 9.17) is 14.4 Å². The van der Waals surface area contributed by atoms with Gasteiger partial charge in [-0.3, -0.25) is 0 Å². The molecule has 0 aliphatic carbocycles. The van der Waals surface area contributed by atoms with Crippen molar-refractivity contribution < 1.29 is 14.4 Å². The Balaban J connectivity index is 1.70. The van der Waals surface area contributed by atoms with E-state index in [0.29, 0.717) is 18.4 Å². The molecule has 0 amide bonds. The van der Waals surface area contributed by atoms with E-state index >= 15 is 0 Å². The van der Waals surface area contributed by atoms with E-state index in [1.807, 2.05) is 24.3 Å². The minimum Gasteiger partial charge on any atom is -0.395 e. The van der Waals surface area contributed by atoms with Gasteiger partial charge in [-0.2, -0.15) is 4.98 Å². The van der Waals surface area contributed by atoms with Crippen molar-refractivity contribution in [3.8, 4) is 11.5 Å². The lowest BCUT2D eigenvalue weighted by molar-refractivity contribution is 0.0830. The average molecular weight is 289 g/mol. The lowest BCUT2D eigenvalue weighted by Gasteiger charge is -2.18. The monoisotopic (exact) mass is 289 g/mol. The Morgan fingerprint density at radius 3 is 2.67 bits per heavy atom. The number of rotatable bonds is 5. The quantitative estimate of drug-likeness (QED) is 0.876. The molecule has 1 aromatic heterocycles. The molecule has 1 aliphatic rings. The van der Waals surface area contributed by atoms with Gasteiger partial charge in [-0.1, -0.05) is 5.16 Å². The molecule has 21 heavy (non-hydrogen) atoms. The van der Waals surface area contributed by atoms with Gasteiger partial charge in [0, 0.05) is 36.9 Å². The van der Waals surface area contributed by atoms with Crippen LogP contribution < -0.4 is 5.32 Å². The molecule has 1 fully saturated rings. The van der Waals surface area contributed by atoms with Crippen LogP contribution in [0.15, 0.2) is 28.8 Å². The highest BCUT2D eigenvalue weighted by Crippen LogP contribution is 2.27. The molecule has 6 nitrogen and oxygen atoms in total. The topological polar surface area (TPSA) is 80.4 Å². The smallest absolute Gasteiger partial charge is 0.257 e. The highest BCUT2D eigenvalue weighted by molar-refractivity contribution is 5.58. The molecule has 1 aromatic carbocycles. The summed E-state index contributed by atoms with van der Waals surface area (Å²) in [7, 11) is 0. The first-order valence-corrected chi connectivity index (χ1v) is 7.23. The Morgan fingerprint density at radius 2 is 1.95 bits per heavy atom.